The van der Waals surface area contributed by atoms with Crippen molar-refractivity contribution in [1.82, 2.24) is 9.97 Å². The summed E-state index contributed by atoms with van der Waals surface area (Å²) in [6.45, 7) is 4.59. The molecule has 1 heterocycles. The molecule has 5 nitrogen and oxygen atoms in total. The minimum absolute atomic E-state index is 0.130. The number of aromatic nitrogens is 2. The first-order valence-electron chi connectivity index (χ1n) is 6.58. The zero-order valence-electron chi connectivity index (χ0n) is 12.0. The Hall–Kier alpha value is -2.30. The lowest BCUT2D eigenvalue weighted by Gasteiger charge is -2.15. The van der Waals surface area contributed by atoms with Gasteiger partial charge in [0.05, 0.1) is 13.7 Å². The van der Waals surface area contributed by atoms with Crippen molar-refractivity contribution in [3.8, 4) is 11.6 Å². The molecule has 0 aliphatic heterocycles. The summed E-state index contributed by atoms with van der Waals surface area (Å²) in [6.07, 6.45) is 1.49. The number of nitrogens with one attached hydrogen (secondary N) is 1. The first kappa shape index (κ1) is 14.1. The van der Waals surface area contributed by atoms with E-state index in [1.807, 2.05) is 31.2 Å². The second-order valence-electron chi connectivity index (χ2n) is 4.31. The molecule has 0 bridgehead atoms. The average Bonchev–Trinajstić information content (AvgIpc) is 2.48. The van der Waals surface area contributed by atoms with Gasteiger partial charge in [0, 0.05) is 12.1 Å². The number of ether oxygens (including phenoxy) is 2. The minimum atomic E-state index is 0.130. The van der Waals surface area contributed by atoms with Gasteiger partial charge >= 0.3 is 0 Å². The lowest BCUT2D eigenvalue weighted by molar-refractivity contribution is 0.326. The maximum atomic E-state index is 5.36. The normalized spacial score (nSPS) is 11.8. The van der Waals surface area contributed by atoms with Crippen molar-refractivity contribution in [3.63, 3.8) is 0 Å². The molecule has 2 rings (SSSR count). The zero-order chi connectivity index (χ0) is 14.4. The molecule has 1 N–H and O–H groups in total. The van der Waals surface area contributed by atoms with Crippen LogP contribution in [0.4, 0.5) is 5.82 Å². The maximum Gasteiger partial charge on any atom is 0.218 e. The molecule has 2 aromatic rings. The molecule has 0 aliphatic rings. The van der Waals surface area contributed by atoms with Crippen LogP contribution in [0.1, 0.15) is 25.5 Å². The molecule has 1 aromatic heterocycles. The van der Waals surface area contributed by atoms with Gasteiger partial charge in [-0.25, -0.2) is 9.97 Å². The molecule has 0 spiro atoms. The third-order valence-corrected chi connectivity index (χ3v) is 2.91. The lowest BCUT2D eigenvalue weighted by Crippen LogP contribution is -2.08. The number of nitrogens with zero attached hydrogens (tertiary/aromatic N) is 2. The zero-order valence-corrected chi connectivity index (χ0v) is 12.0. The average molecular weight is 273 g/mol. The quantitative estimate of drug-likeness (QED) is 0.876. The smallest absolute Gasteiger partial charge is 0.218 e. The van der Waals surface area contributed by atoms with E-state index in [2.05, 4.69) is 22.2 Å². The van der Waals surface area contributed by atoms with Crippen LogP contribution in [0.15, 0.2) is 36.7 Å². The summed E-state index contributed by atoms with van der Waals surface area (Å²) in [6, 6.07) is 9.87. The molecule has 0 saturated heterocycles. The van der Waals surface area contributed by atoms with Gasteiger partial charge < -0.3 is 14.8 Å². The van der Waals surface area contributed by atoms with E-state index in [1.165, 1.54) is 6.33 Å². The highest BCUT2D eigenvalue weighted by Gasteiger charge is 2.07. The van der Waals surface area contributed by atoms with E-state index >= 15 is 0 Å². The first-order chi connectivity index (χ1) is 9.72. The van der Waals surface area contributed by atoms with Crippen LogP contribution in [0.2, 0.25) is 0 Å². The maximum absolute atomic E-state index is 5.36. The highest BCUT2D eigenvalue weighted by molar-refractivity contribution is 5.41. The Labute approximate surface area is 119 Å². The molecular weight excluding hydrogens is 254 g/mol. The number of hydrogen-bond donors (Lipinski definition) is 1. The van der Waals surface area contributed by atoms with E-state index in [1.54, 1.807) is 13.2 Å². The van der Waals surface area contributed by atoms with E-state index in [0.717, 1.165) is 17.1 Å². The fraction of sp³-hybridized carbons (Fsp3) is 0.333. The molecule has 5 heteroatoms. The first-order valence-corrected chi connectivity index (χ1v) is 6.58. The van der Waals surface area contributed by atoms with Gasteiger partial charge in [0.15, 0.2) is 0 Å². The third kappa shape index (κ3) is 3.60. The Morgan fingerprint density at radius 1 is 1.20 bits per heavy atom. The van der Waals surface area contributed by atoms with Crippen molar-refractivity contribution in [2.75, 3.05) is 19.0 Å². The summed E-state index contributed by atoms with van der Waals surface area (Å²) in [5, 5.41) is 3.32. The summed E-state index contributed by atoms with van der Waals surface area (Å²) in [5.41, 5.74) is 1.15. The fourth-order valence-electron chi connectivity index (χ4n) is 1.84. The Kier molecular flexibility index (Phi) is 4.76. The summed E-state index contributed by atoms with van der Waals surface area (Å²) >= 11 is 0. The van der Waals surface area contributed by atoms with Crippen LogP contribution in [0.3, 0.4) is 0 Å². The molecule has 0 fully saturated rings. The molecule has 1 aromatic carbocycles. The van der Waals surface area contributed by atoms with Crippen molar-refractivity contribution in [3.05, 3.63) is 42.2 Å². The molecule has 106 valence electrons. The fourth-order valence-corrected chi connectivity index (χ4v) is 1.84. The third-order valence-electron chi connectivity index (χ3n) is 2.91. The van der Waals surface area contributed by atoms with Crippen LogP contribution in [-0.4, -0.2) is 23.7 Å². The highest BCUT2D eigenvalue weighted by Crippen LogP contribution is 2.21. The number of rotatable bonds is 6. The Morgan fingerprint density at radius 3 is 2.60 bits per heavy atom. The number of methoxy groups -OCH3 is 1. The van der Waals surface area contributed by atoms with Gasteiger partial charge in [-0.3, -0.25) is 0 Å². The van der Waals surface area contributed by atoms with Gasteiger partial charge in [-0.2, -0.15) is 0 Å². The van der Waals surface area contributed by atoms with Gasteiger partial charge in [-0.1, -0.05) is 12.1 Å². The highest BCUT2D eigenvalue weighted by atomic mass is 16.5. The summed E-state index contributed by atoms with van der Waals surface area (Å²) < 4.78 is 10.5. The predicted octanol–water partition coefficient (Wildman–Crippen LogP) is 3.06. The van der Waals surface area contributed by atoms with Crippen molar-refractivity contribution in [1.29, 1.82) is 0 Å². The number of anilines is 1. The Bertz CT molecular complexity index is 543. The molecule has 0 amide bonds. The molecule has 1 unspecified atom stereocenters. The number of benzene rings is 1. The molecule has 0 radical (unpaired) electrons. The molecule has 0 saturated carbocycles. The Balaban J connectivity index is 2.06. The minimum Gasteiger partial charge on any atom is -0.497 e. The van der Waals surface area contributed by atoms with E-state index in [9.17, 15) is 0 Å². The second-order valence-corrected chi connectivity index (χ2v) is 4.31. The predicted molar refractivity (Wildman–Crippen MR) is 78.2 cm³/mol. The van der Waals surface area contributed by atoms with Crippen LogP contribution >= 0.6 is 0 Å². The van der Waals surface area contributed by atoms with Crippen LogP contribution in [-0.2, 0) is 0 Å². The topological polar surface area (TPSA) is 56.3 Å². The summed E-state index contributed by atoms with van der Waals surface area (Å²) in [5.74, 6) is 2.17. The van der Waals surface area contributed by atoms with Crippen LogP contribution in [0.5, 0.6) is 11.6 Å². The van der Waals surface area contributed by atoms with E-state index < -0.39 is 0 Å². The lowest BCUT2D eigenvalue weighted by atomic mass is 10.1. The molecular formula is C15H19N3O2. The van der Waals surface area contributed by atoms with Gasteiger partial charge in [0.2, 0.25) is 5.88 Å². The van der Waals surface area contributed by atoms with Crippen LogP contribution in [0, 0.1) is 0 Å². The monoisotopic (exact) mass is 273 g/mol. The SMILES string of the molecule is CCOc1cc(NC(C)c2ccc(OC)cc2)ncn1. The van der Waals surface area contributed by atoms with Crippen molar-refractivity contribution in [2.45, 2.75) is 19.9 Å². The number of hydrogen-bond acceptors (Lipinski definition) is 5. The molecule has 20 heavy (non-hydrogen) atoms. The van der Waals surface area contributed by atoms with Gasteiger partial charge in [0.25, 0.3) is 0 Å². The summed E-state index contributed by atoms with van der Waals surface area (Å²) in [7, 11) is 1.66. The largest absolute Gasteiger partial charge is 0.497 e. The molecule has 0 aliphatic carbocycles. The van der Waals surface area contributed by atoms with Crippen LogP contribution in [0.25, 0.3) is 0 Å². The van der Waals surface area contributed by atoms with E-state index in [-0.39, 0.29) is 6.04 Å². The van der Waals surface area contributed by atoms with Crippen molar-refractivity contribution in [2.24, 2.45) is 0 Å². The standard InChI is InChI=1S/C15H19N3O2/c1-4-20-15-9-14(16-10-17-15)18-11(2)12-5-7-13(19-3)8-6-12/h5-11H,4H2,1-3H3,(H,16,17,18). The van der Waals surface area contributed by atoms with Gasteiger partial charge in [-0.05, 0) is 31.5 Å². The van der Waals surface area contributed by atoms with Crippen LogP contribution < -0.4 is 14.8 Å². The Morgan fingerprint density at radius 2 is 1.95 bits per heavy atom. The van der Waals surface area contributed by atoms with Gasteiger partial charge in [0.1, 0.15) is 17.9 Å². The van der Waals surface area contributed by atoms with Crippen molar-refractivity contribution < 1.29 is 9.47 Å². The van der Waals surface area contributed by atoms with Crippen molar-refractivity contribution >= 4 is 5.82 Å². The van der Waals surface area contributed by atoms with E-state index in [4.69, 9.17) is 9.47 Å². The van der Waals surface area contributed by atoms with Gasteiger partial charge in [-0.15, -0.1) is 0 Å². The second kappa shape index (κ2) is 6.75. The van der Waals surface area contributed by atoms with E-state index in [0.29, 0.717) is 12.5 Å². The summed E-state index contributed by atoms with van der Waals surface area (Å²) in [4.78, 5) is 8.24. The molecule has 1 atom stereocenters.